The predicted octanol–water partition coefficient (Wildman–Crippen LogP) is 3.96. The highest BCUT2D eigenvalue weighted by Crippen LogP contribution is 2.41. The lowest BCUT2D eigenvalue weighted by Gasteiger charge is -2.00. The van der Waals surface area contributed by atoms with Crippen molar-refractivity contribution in [3.05, 3.63) is 27.4 Å². The molecule has 3 nitrogen and oxygen atoms in total. The van der Waals surface area contributed by atoms with Crippen LogP contribution in [0.5, 0.6) is 5.75 Å². The molecule has 0 saturated carbocycles. The molecule has 1 heterocycles. The quantitative estimate of drug-likeness (QED) is 0.788. The average Bonchev–Trinajstić information content (AvgIpc) is 2.51. The Morgan fingerprint density at radius 1 is 1.38 bits per heavy atom. The lowest BCUT2D eigenvalue weighted by Crippen LogP contribution is -1.92. The first-order valence-corrected chi connectivity index (χ1v) is 5.30. The Bertz CT molecular complexity index is 599. The van der Waals surface area contributed by atoms with Crippen LogP contribution in [-0.4, -0.2) is 10.9 Å². The molecule has 0 spiro atoms. The molecule has 0 atom stereocenters. The number of Topliss-reactive ketones (excluding diaryl/α,β-unsaturated/α-hetero) is 1. The molecule has 0 bridgehead atoms. The number of ketones is 1. The van der Waals surface area contributed by atoms with Gasteiger partial charge in [-0.2, -0.15) is 0 Å². The Hall–Kier alpha value is -1.19. The molecule has 0 aliphatic rings. The molecule has 0 aliphatic heterocycles. The second-order valence-corrected chi connectivity index (χ2v) is 4.25. The lowest BCUT2D eigenvalue weighted by atomic mass is 10.1. The first kappa shape index (κ1) is 11.3. The summed E-state index contributed by atoms with van der Waals surface area (Å²) in [5.74, 6) is 0.155. The third-order valence-electron chi connectivity index (χ3n) is 2.37. The van der Waals surface area contributed by atoms with Gasteiger partial charge in [0.2, 0.25) is 0 Å². The zero-order valence-electron chi connectivity index (χ0n) is 8.60. The number of aromatic hydroxyl groups is 1. The fourth-order valence-corrected chi connectivity index (χ4v) is 2.09. The molecule has 0 saturated heterocycles. The van der Waals surface area contributed by atoms with Gasteiger partial charge in [-0.15, -0.1) is 0 Å². The highest BCUT2D eigenvalue weighted by Gasteiger charge is 2.20. The van der Waals surface area contributed by atoms with E-state index in [0.29, 0.717) is 22.3 Å². The van der Waals surface area contributed by atoms with Crippen molar-refractivity contribution in [3.63, 3.8) is 0 Å². The van der Waals surface area contributed by atoms with Crippen molar-refractivity contribution in [1.29, 1.82) is 0 Å². The van der Waals surface area contributed by atoms with E-state index in [2.05, 4.69) is 0 Å². The molecular formula is C11H8Cl2O3. The van der Waals surface area contributed by atoms with Crippen molar-refractivity contribution in [2.45, 2.75) is 13.8 Å². The highest BCUT2D eigenvalue weighted by molar-refractivity contribution is 6.46. The van der Waals surface area contributed by atoms with Crippen LogP contribution in [0.15, 0.2) is 10.5 Å². The summed E-state index contributed by atoms with van der Waals surface area (Å²) in [5.41, 5.74) is 0.746. The minimum absolute atomic E-state index is 0.0259. The van der Waals surface area contributed by atoms with Gasteiger partial charge in [0.05, 0.1) is 5.56 Å². The third-order valence-corrected chi connectivity index (χ3v) is 3.21. The number of phenols is 1. The largest absolute Gasteiger partial charge is 0.506 e. The monoisotopic (exact) mass is 258 g/mol. The summed E-state index contributed by atoms with van der Waals surface area (Å²) in [6, 6.07) is 1.39. The molecule has 2 rings (SSSR count). The molecule has 0 unspecified atom stereocenters. The van der Waals surface area contributed by atoms with Gasteiger partial charge < -0.3 is 9.52 Å². The van der Waals surface area contributed by atoms with Gasteiger partial charge >= 0.3 is 0 Å². The molecular weight excluding hydrogens is 251 g/mol. The van der Waals surface area contributed by atoms with Crippen LogP contribution >= 0.6 is 23.2 Å². The first-order chi connectivity index (χ1) is 7.43. The Kier molecular flexibility index (Phi) is 2.60. The predicted molar refractivity (Wildman–Crippen MR) is 62.6 cm³/mol. The van der Waals surface area contributed by atoms with Gasteiger partial charge in [-0.05, 0) is 19.9 Å². The van der Waals surface area contributed by atoms with E-state index in [0.717, 1.165) is 0 Å². The van der Waals surface area contributed by atoms with Crippen molar-refractivity contribution >= 4 is 40.0 Å². The summed E-state index contributed by atoms with van der Waals surface area (Å²) in [7, 11) is 0. The second-order valence-electron chi connectivity index (χ2n) is 3.49. The maximum absolute atomic E-state index is 11.4. The number of furan rings is 1. The van der Waals surface area contributed by atoms with Gasteiger partial charge in [-0.1, -0.05) is 23.2 Å². The Labute approximate surface area is 102 Å². The van der Waals surface area contributed by atoms with Crippen molar-refractivity contribution in [3.8, 4) is 5.75 Å². The van der Waals surface area contributed by atoms with Crippen LogP contribution in [0.2, 0.25) is 10.0 Å². The van der Waals surface area contributed by atoms with E-state index in [-0.39, 0.29) is 21.6 Å². The summed E-state index contributed by atoms with van der Waals surface area (Å²) < 4.78 is 5.38. The maximum Gasteiger partial charge on any atom is 0.163 e. The molecule has 0 amide bonds. The Balaban J connectivity index is 2.96. The molecule has 0 fully saturated rings. The number of carbonyl (C=O) groups is 1. The number of hydrogen-bond donors (Lipinski definition) is 1. The molecule has 0 aliphatic carbocycles. The number of carbonyl (C=O) groups excluding carboxylic acids is 1. The van der Waals surface area contributed by atoms with Gasteiger partial charge in [0, 0.05) is 5.39 Å². The van der Waals surface area contributed by atoms with Crippen LogP contribution in [0.3, 0.4) is 0 Å². The maximum atomic E-state index is 11.4. The van der Waals surface area contributed by atoms with E-state index >= 15 is 0 Å². The van der Waals surface area contributed by atoms with Crippen LogP contribution in [-0.2, 0) is 0 Å². The smallest absolute Gasteiger partial charge is 0.163 e. The van der Waals surface area contributed by atoms with Crippen LogP contribution in [0, 0.1) is 6.92 Å². The van der Waals surface area contributed by atoms with E-state index in [1.165, 1.54) is 13.0 Å². The molecule has 0 radical (unpaired) electrons. The summed E-state index contributed by atoms with van der Waals surface area (Å²) >= 11 is 11.7. The average molecular weight is 259 g/mol. The minimum atomic E-state index is -0.164. The molecule has 5 heteroatoms. The van der Waals surface area contributed by atoms with Crippen LogP contribution in [0.25, 0.3) is 11.0 Å². The number of halogens is 2. The normalized spacial score (nSPS) is 11.0. The van der Waals surface area contributed by atoms with E-state index in [4.69, 9.17) is 27.6 Å². The molecule has 1 aromatic heterocycles. The van der Waals surface area contributed by atoms with Crippen molar-refractivity contribution < 1.29 is 14.3 Å². The summed E-state index contributed by atoms with van der Waals surface area (Å²) in [4.78, 5) is 11.4. The fourth-order valence-electron chi connectivity index (χ4n) is 1.71. The number of hydrogen-bond acceptors (Lipinski definition) is 3. The van der Waals surface area contributed by atoms with Crippen molar-refractivity contribution in [2.75, 3.05) is 0 Å². The molecule has 2 aromatic rings. The Morgan fingerprint density at radius 3 is 2.56 bits per heavy atom. The zero-order chi connectivity index (χ0) is 12.0. The standard InChI is InChI=1S/C11H8Cl2O3/c1-4(14)8-5(2)16-11-6(8)3-7(15)9(12)10(11)13/h3,15H,1-2H3. The van der Waals surface area contributed by atoms with Gasteiger partial charge in [0.15, 0.2) is 11.4 Å². The SMILES string of the molecule is CC(=O)c1c(C)oc2c(Cl)c(Cl)c(O)cc12. The second kappa shape index (κ2) is 3.68. The van der Waals surface area contributed by atoms with Gasteiger partial charge in [-0.25, -0.2) is 0 Å². The van der Waals surface area contributed by atoms with Crippen LogP contribution in [0.1, 0.15) is 23.0 Å². The van der Waals surface area contributed by atoms with Crippen molar-refractivity contribution in [2.24, 2.45) is 0 Å². The number of phenolic OH excluding ortho intramolecular Hbond substituents is 1. The lowest BCUT2D eigenvalue weighted by molar-refractivity contribution is 0.101. The molecule has 1 N–H and O–H groups in total. The van der Waals surface area contributed by atoms with Gasteiger partial charge in [0.25, 0.3) is 0 Å². The highest BCUT2D eigenvalue weighted by atomic mass is 35.5. The summed E-state index contributed by atoms with van der Waals surface area (Å²) in [5, 5.41) is 10.2. The molecule has 1 aromatic carbocycles. The minimum Gasteiger partial charge on any atom is -0.506 e. The van der Waals surface area contributed by atoms with Crippen LogP contribution < -0.4 is 0 Å². The van der Waals surface area contributed by atoms with E-state index < -0.39 is 0 Å². The summed E-state index contributed by atoms with van der Waals surface area (Å²) in [6.07, 6.45) is 0. The molecule has 16 heavy (non-hydrogen) atoms. The Morgan fingerprint density at radius 2 is 2.00 bits per heavy atom. The fraction of sp³-hybridized carbons (Fsp3) is 0.182. The van der Waals surface area contributed by atoms with E-state index in [1.807, 2.05) is 0 Å². The topological polar surface area (TPSA) is 50.4 Å². The van der Waals surface area contributed by atoms with Crippen LogP contribution in [0.4, 0.5) is 0 Å². The summed E-state index contributed by atoms with van der Waals surface area (Å²) in [6.45, 7) is 3.09. The number of rotatable bonds is 1. The van der Waals surface area contributed by atoms with E-state index in [1.54, 1.807) is 6.92 Å². The van der Waals surface area contributed by atoms with E-state index in [9.17, 15) is 9.90 Å². The molecule has 84 valence electrons. The number of aryl methyl sites for hydroxylation is 1. The van der Waals surface area contributed by atoms with Gasteiger partial charge in [0.1, 0.15) is 21.6 Å². The first-order valence-electron chi connectivity index (χ1n) is 4.54. The third kappa shape index (κ3) is 1.47. The number of fused-ring (bicyclic) bond motifs is 1. The number of benzene rings is 1. The zero-order valence-corrected chi connectivity index (χ0v) is 10.1. The van der Waals surface area contributed by atoms with Crippen molar-refractivity contribution in [1.82, 2.24) is 0 Å². The van der Waals surface area contributed by atoms with Gasteiger partial charge in [-0.3, -0.25) is 4.79 Å².